The number of halogens is 17. The first kappa shape index (κ1) is 31.0. The molecule has 0 amide bonds. The van der Waals surface area contributed by atoms with Crippen LogP contribution in [0.15, 0.2) is 0 Å². The molecule has 0 fully saturated rings. The first-order valence-corrected chi connectivity index (χ1v) is 11.0. The van der Waals surface area contributed by atoms with Crippen LogP contribution in [0.5, 0.6) is 0 Å². The SMILES string of the molecule is CC[Si](CC)(CC)C(F)(F)C(F)(F)C(F)(F)C(F)(F)C(F)(F)C(F)(F)C(F)(F)C(F)(F)F. The molecule has 32 heavy (non-hydrogen) atoms. The zero-order chi connectivity index (χ0) is 26.6. The molecular formula is C14H15F17Si. The van der Waals surface area contributed by atoms with Crippen LogP contribution in [0.3, 0.4) is 0 Å². The van der Waals surface area contributed by atoms with E-state index < -0.39 is 73.5 Å². The molecule has 0 rings (SSSR count). The Labute approximate surface area is 170 Å². The van der Waals surface area contributed by atoms with Crippen molar-refractivity contribution in [2.45, 2.75) is 86.2 Å². The normalized spacial score (nSPS) is 16.5. The van der Waals surface area contributed by atoms with Gasteiger partial charge in [0, 0.05) is 0 Å². The first-order chi connectivity index (χ1) is 13.7. The van der Waals surface area contributed by atoms with Crippen LogP contribution in [0.2, 0.25) is 18.1 Å². The molecule has 0 atom stereocenters. The van der Waals surface area contributed by atoms with Crippen LogP contribution in [0.25, 0.3) is 0 Å². The minimum absolute atomic E-state index is 0.742. The van der Waals surface area contributed by atoms with Crippen LogP contribution in [0, 0.1) is 0 Å². The van der Waals surface area contributed by atoms with Crippen molar-refractivity contribution in [1.29, 1.82) is 0 Å². The van der Waals surface area contributed by atoms with Crippen LogP contribution >= 0.6 is 0 Å². The molecule has 0 saturated heterocycles. The Kier molecular flexibility index (Phi) is 7.81. The number of hydrogen-bond donors (Lipinski definition) is 0. The molecule has 0 aromatic heterocycles. The van der Waals surface area contributed by atoms with E-state index in [1.807, 2.05) is 0 Å². The van der Waals surface area contributed by atoms with Crippen molar-refractivity contribution >= 4 is 8.07 Å². The van der Waals surface area contributed by atoms with Crippen LogP contribution in [-0.2, 0) is 0 Å². The lowest BCUT2D eigenvalue weighted by Gasteiger charge is -2.46. The van der Waals surface area contributed by atoms with Crippen LogP contribution in [-0.4, -0.2) is 55.3 Å². The molecule has 0 aliphatic rings. The van der Waals surface area contributed by atoms with Gasteiger partial charge in [-0.2, -0.15) is 65.9 Å². The topological polar surface area (TPSA) is 0 Å². The van der Waals surface area contributed by atoms with Crippen molar-refractivity contribution in [3.05, 3.63) is 0 Å². The largest absolute Gasteiger partial charge is 0.460 e. The standard InChI is InChI=1S/C14H15F17Si/c1-4-32(5-2,6-3)14(30,31)12(25,26)10(21,22)8(17,18)7(15,16)9(19,20)11(23,24)13(27,28)29/h4-6H2,1-3H3. The Morgan fingerprint density at radius 1 is 0.375 bits per heavy atom. The van der Waals surface area contributed by atoms with Gasteiger partial charge in [0.05, 0.1) is 0 Å². The van der Waals surface area contributed by atoms with Gasteiger partial charge < -0.3 is 0 Å². The zero-order valence-electron chi connectivity index (χ0n) is 16.0. The Morgan fingerprint density at radius 2 is 0.594 bits per heavy atom. The van der Waals surface area contributed by atoms with E-state index in [4.69, 9.17) is 0 Å². The van der Waals surface area contributed by atoms with E-state index in [2.05, 4.69) is 0 Å². The molecule has 0 N–H and O–H groups in total. The smallest absolute Gasteiger partial charge is 0.205 e. The maximum atomic E-state index is 14.4. The van der Waals surface area contributed by atoms with Gasteiger partial charge >= 0.3 is 41.7 Å². The van der Waals surface area contributed by atoms with Crippen molar-refractivity contribution in [2.75, 3.05) is 0 Å². The highest BCUT2D eigenvalue weighted by Gasteiger charge is 2.95. The van der Waals surface area contributed by atoms with Gasteiger partial charge in [0.1, 0.15) is 8.07 Å². The molecule has 194 valence electrons. The Morgan fingerprint density at radius 3 is 0.812 bits per heavy atom. The maximum Gasteiger partial charge on any atom is 0.460 e. The fourth-order valence-electron chi connectivity index (χ4n) is 2.91. The maximum absolute atomic E-state index is 14.4. The fourth-order valence-corrected chi connectivity index (χ4v) is 6.57. The van der Waals surface area contributed by atoms with E-state index in [1.54, 1.807) is 0 Å². The second-order valence-corrected chi connectivity index (χ2v) is 12.2. The minimum atomic E-state index is -8.57. The van der Waals surface area contributed by atoms with Gasteiger partial charge in [-0.3, -0.25) is 0 Å². The van der Waals surface area contributed by atoms with Crippen molar-refractivity contribution in [2.24, 2.45) is 0 Å². The first-order valence-electron chi connectivity index (χ1n) is 8.39. The molecule has 0 aliphatic heterocycles. The number of hydrogen-bond acceptors (Lipinski definition) is 0. The van der Waals surface area contributed by atoms with Crippen molar-refractivity contribution < 1.29 is 74.6 Å². The summed E-state index contributed by atoms with van der Waals surface area (Å²) >= 11 is 0. The molecule has 0 saturated carbocycles. The van der Waals surface area contributed by atoms with E-state index in [-0.39, 0.29) is 0 Å². The summed E-state index contributed by atoms with van der Waals surface area (Å²) in [6.45, 7) is 2.23. The molecule has 0 aromatic carbocycles. The van der Waals surface area contributed by atoms with Gasteiger partial charge in [-0.25, -0.2) is 8.78 Å². The second kappa shape index (κ2) is 8.06. The summed E-state index contributed by atoms with van der Waals surface area (Å²) in [6.07, 6.45) is -7.74. The third-order valence-corrected chi connectivity index (χ3v) is 11.1. The summed E-state index contributed by atoms with van der Waals surface area (Å²) in [6, 6.07) is -3.07. The molecule has 0 radical (unpaired) electrons. The Balaban J connectivity index is 6.99. The summed E-state index contributed by atoms with van der Waals surface area (Å²) in [4.78, 5) is 0. The van der Waals surface area contributed by atoms with Gasteiger partial charge in [-0.15, -0.1) is 0 Å². The number of alkyl halides is 17. The van der Waals surface area contributed by atoms with Crippen LogP contribution in [0.1, 0.15) is 20.8 Å². The van der Waals surface area contributed by atoms with Gasteiger partial charge in [0.25, 0.3) is 5.55 Å². The summed E-state index contributed by atoms with van der Waals surface area (Å²) in [7, 11) is -5.10. The van der Waals surface area contributed by atoms with E-state index in [0.717, 1.165) is 20.8 Å². The van der Waals surface area contributed by atoms with Crippen LogP contribution < -0.4 is 0 Å². The molecule has 0 heterocycles. The van der Waals surface area contributed by atoms with Gasteiger partial charge in [-0.05, 0) is 0 Å². The quantitative estimate of drug-likeness (QED) is 0.197. The summed E-state index contributed by atoms with van der Waals surface area (Å²) in [5.41, 5.74) is -6.21. The molecule has 0 aromatic rings. The molecule has 0 aliphatic carbocycles. The lowest BCUT2D eigenvalue weighted by Crippen LogP contribution is -2.77. The zero-order valence-corrected chi connectivity index (χ0v) is 17.0. The average molecular weight is 534 g/mol. The molecule has 0 spiro atoms. The fraction of sp³-hybridized carbons (Fsp3) is 1.00. The molecular weight excluding hydrogens is 519 g/mol. The molecule has 18 heteroatoms. The monoisotopic (exact) mass is 534 g/mol. The van der Waals surface area contributed by atoms with E-state index in [9.17, 15) is 74.6 Å². The van der Waals surface area contributed by atoms with Gasteiger partial charge in [-0.1, -0.05) is 38.9 Å². The van der Waals surface area contributed by atoms with Crippen molar-refractivity contribution in [1.82, 2.24) is 0 Å². The highest BCUT2D eigenvalue weighted by atomic mass is 28.3. The average Bonchev–Trinajstić information content (AvgIpc) is 2.61. The number of rotatable bonds is 10. The van der Waals surface area contributed by atoms with Crippen molar-refractivity contribution in [3.8, 4) is 0 Å². The van der Waals surface area contributed by atoms with Gasteiger partial charge in [0.2, 0.25) is 0 Å². The van der Waals surface area contributed by atoms with Crippen molar-refractivity contribution in [3.63, 3.8) is 0 Å². The van der Waals surface area contributed by atoms with E-state index in [1.165, 1.54) is 0 Å². The van der Waals surface area contributed by atoms with Gasteiger partial charge in [0.15, 0.2) is 0 Å². The lowest BCUT2D eigenvalue weighted by molar-refractivity contribution is -0.458. The third kappa shape index (κ3) is 3.56. The highest BCUT2D eigenvalue weighted by Crippen LogP contribution is 2.65. The molecule has 0 bridgehead atoms. The Bertz CT molecular complexity index is 614. The molecule has 0 nitrogen and oxygen atoms in total. The van der Waals surface area contributed by atoms with E-state index >= 15 is 0 Å². The minimum Gasteiger partial charge on any atom is -0.205 e. The second-order valence-electron chi connectivity index (χ2n) is 6.86. The van der Waals surface area contributed by atoms with Crippen LogP contribution in [0.4, 0.5) is 74.6 Å². The highest BCUT2D eigenvalue weighted by molar-refractivity contribution is 6.82. The summed E-state index contributed by atoms with van der Waals surface area (Å²) in [5.74, 6) is -49.4. The lowest BCUT2D eigenvalue weighted by atomic mass is 9.91. The predicted octanol–water partition coefficient (Wildman–Crippen LogP) is 8.04. The summed E-state index contributed by atoms with van der Waals surface area (Å²) < 4.78 is 227. The Hall–Kier alpha value is -0.973. The summed E-state index contributed by atoms with van der Waals surface area (Å²) in [5, 5.41) is 0. The third-order valence-electron chi connectivity index (χ3n) is 5.42. The van der Waals surface area contributed by atoms with E-state index in [0.29, 0.717) is 0 Å². The predicted molar refractivity (Wildman–Crippen MR) is 77.9 cm³/mol. The molecule has 0 unspecified atom stereocenters.